The number of nitrogens with zero attached hydrogens (tertiary/aromatic N) is 1. The fraction of sp³-hybridized carbons (Fsp3) is 0.467. The van der Waals surface area contributed by atoms with Crippen LogP contribution in [0.3, 0.4) is 0 Å². The Morgan fingerprint density at radius 3 is 2.65 bits per heavy atom. The highest BCUT2D eigenvalue weighted by Gasteiger charge is 2.31. The van der Waals surface area contributed by atoms with E-state index >= 15 is 0 Å². The van der Waals surface area contributed by atoms with Crippen molar-refractivity contribution in [3.63, 3.8) is 0 Å². The summed E-state index contributed by atoms with van der Waals surface area (Å²) in [6.45, 7) is 7.26. The third-order valence-corrected chi connectivity index (χ3v) is 3.10. The quantitative estimate of drug-likeness (QED) is 0.845. The van der Waals surface area contributed by atoms with Crippen LogP contribution >= 0.6 is 0 Å². The van der Waals surface area contributed by atoms with Crippen molar-refractivity contribution in [1.29, 1.82) is 0 Å². The Morgan fingerprint density at radius 2 is 2.00 bits per heavy atom. The van der Waals surface area contributed by atoms with Crippen LogP contribution in [0.4, 0.5) is 10.5 Å². The minimum Gasteiger partial charge on any atom is -0.459 e. The van der Waals surface area contributed by atoms with Crippen LogP contribution in [0.2, 0.25) is 0 Å². The molecule has 2 amide bonds. The van der Waals surface area contributed by atoms with Crippen molar-refractivity contribution >= 4 is 17.7 Å². The fourth-order valence-electron chi connectivity index (χ4n) is 2.23. The molecule has 20 heavy (non-hydrogen) atoms. The van der Waals surface area contributed by atoms with Crippen molar-refractivity contribution < 1.29 is 14.3 Å². The van der Waals surface area contributed by atoms with E-state index in [1.165, 1.54) is 4.90 Å². The smallest absolute Gasteiger partial charge is 0.326 e. The van der Waals surface area contributed by atoms with Gasteiger partial charge in [-0.2, -0.15) is 0 Å². The van der Waals surface area contributed by atoms with Gasteiger partial charge in [0.05, 0.1) is 6.04 Å². The number of hydrogen-bond acceptors (Lipinski definition) is 3. The molecule has 0 saturated heterocycles. The van der Waals surface area contributed by atoms with E-state index < -0.39 is 11.6 Å². The first kappa shape index (κ1) is 14.4. The van der Waals surface area contributed by atoms with E-state index in [1.54, 1.807) is 20.8 Å². The minimum absolute atomic E-state index is 0.0569. The Balaban J connectivity index is 2.14. The number of ether oxygens (including phenoxy) is 1. The monoisotopic (exact) mass is 276 g/mol. The lowest BCUT2D eigenvalue weighted by Gasteiger charge is -2.35. The summed E-state index contributed by atoms with van der Waals surface area (Å²) in [5.41, 5.74) is 1.24. The summed E-state index contributed by atoms with van der Waals surface area (Å²) in [4.78, 5) is 25.4. The van der Waals surface area contributed by atoms with Crippen molar-refractivity contribution in [2.75, 3.05) is 11.9 Å². The number of carbonyl (C=O) groups is 2. The molecule has 1 N–H and O–H groups in total. The number of benzene rings is 1. The Kier molecular flexibility index (Phi) is 3.70. The third-order valence-electron chi connectivity index (χ3n) is 3.10. The topological polar surface area (TPSA) is 58.6 Å². The highest BCUT2D eigenvalue weighted by molar-refractivity contribution is 5.94. The zero-order chi connectivity index (χ0) is 14.9. The summed E-state index contributed by atoms with van der Waals surface area (Å²) in [6, 6.07) is 7.15. The molecule has 1 aliphatic rings. The lowest BCUT2D eigenvalue weighted by atomic mass is 10.0. The molecular weight excluding hydrogens is 256 g/mol. The molecule has 1 atom stereocenters. The normalized spacial score (nSPS) is 18.3. The van der Waals surface area contributed by atoms with Gasteiger partial charge in [0, 0.05) is 5.69 Å². The molecule has 0 aliphatic carbocycles. The van der Waals surface area contributed by atoms with E-state index in [1.807, 2.05) is 31.2 Å². The molecule has 1 aromatic carbocycles. The van der Waals surface area contributed by atoms with E-state index in [2.05, 4.69) is 5.32 Å². The van der Waals surface area contributed by atoms with Crippen molar-refractivity contribution in [2.24, 2.45) is 0 Å². The highest BCUT2D eigenvalue weighted by atomic mass is 16.6. The predicted octanol–water partition coefficient (Wildman–Crippen LogP) is 2.94. The van der Waals surface area contributed by atoms with Gasteiger partial charge in [0.2, 0.25) is 0 Å². The van der Waals surface area contributed by atoms with Gasteiger partial charge in [-0.05, 0) is 39.3 Å². The summed E-state index contributed by atoms with van der Waals surface area (Å²) >= 11 is 0. The molecule has 108 valence electrons. The molecule has 0 aromatic heterocycles. The number of nitrogens with one attached hydrogen (secondary N) is 1. The Labute approximate surface area is 118 Å². The second-order valence-corrected chi connectivity index (χ2v) is 5.91. The van der Waals surface area contributed by atoms with Gasteiger partial charge < -0.3 is 15.0 Å². The minimum atomic E-state index is -0.551. The molecule has 0 fully saturated rings. The molecule has 1 heterocycles. The predicted molar refractivity (Wildman–Crippen MR) is 76.4 cm³/mol. The van der Waals surface area contributed by atoms with Crippen LogP contribution in [0, 0.1) is 0 Å². The molecule has 0 bridgehead atoms. The largest absolute Gasteiger partial charge is 0.459 e. The molecule has 0 spiro atoms. The number of carbonyl (C=O) groups excluding carboxylic acids is 2. The van der Waals surface area contributed by atoms with Gasteiger partial charge in [0.25, 0.3) is 0 Å². The summed E-state index contributed by atoms with van der Waals surface area (Å²) < 4.78 is 5.26. The second kappa shape index (κ2) is 5.15. The number of amides is 2. The zero-order valence-corrected chi connectivity index (χ0v) is 12.3. The second-order valence-electron chi connectivity index (χ2n) is 5.91. The maximum absolute atomic E-state index is 12.1. The van der Waals surface area contributed by atoms with E-state index in [9.17, 15) is 9.59 Å². The summed E-state index contributed by atoms with van der Waals surface area (Å²) in [7, 11) is 0. The first-order valence-corrected chi connectivity index (χ1v) is 6.66. The number of anilines is 1. The van der Waals surface area contributed by atoms with Gasteiger partial charge >= 0.3 is 12.0 Å². The van der Waals surface area contributed by atoms with E-state index in [0.29, 0.717) is 0 Å². The summed E-state index contributed by atoms with van der Waals surface area (Å²) in [5, 5.41) is 2.79. The lowest BCUT2D eigenvalue weighted by molar-refractivity contribution is -0.155. The van der Waals surface area contributed by atoms with Crippen molar-refractivity contribution in [3.05, 3.63) is 29.8 Å². The SMILES string of the molecule is CC1c2ccccc2NC(=O)N1CC(=O)OC(C)(C)C. The van der Waals surface area contributed by atoms with Crippen LogP contribution < -0.4 is 5.32 Å². The maximum atomic E-state index is 12.1. The van der Waals surface area contributed by atoms with E-state index in [4.69, 9.17) is 4.74 Å². The van der Waals surface area contributed by atoms with Gasteiger partial charge in [-0.15, -0.1) is 0 Å². The first-order chi connectivity index (χ1) is 9.28. The highest BCUT2D eigenvalue weighted by Crippen LogP contribution is 2.32. The number of fused-ring (bicyclic) bond motifs is 1. The van der Waals surface area contributed by atoms with Gasteiger partial charge in [0.1, 0.15) is 12.1 Å². The van der Waals surface area contributed by atoms with Crippen molar-refractivity contribution in [3.8, 4) is 0 Å². The molecule has 1 aromatic rings. The first-order valence-electron chi connectivity index (χ1n) is 6.66. The van der Waals surface area contributed by atoms with Gasteiger partial charge in [0.15, 0.2) is 0 Å². The fourth-order valence-corrected chi connectivity index (χ4v) is 2.23. The zero-order valence-electron chi connectivity index (χ0n) is 12.3. The molecule has 2 rings (SSSR count). The summed E-state index contributed by atoms with van der Waals surface area (Å²) in [5.74, 6) is -0.404. The van der Waals surface area contributed by atoms with Crippen LogP contribution in [0.1, 0.15) is 39.3 Å². The molecule has 0 radical (unpaired) electrons. The van der Waals surface area contributed by atoms with Crippen LogP contribution in [-0.4, -0.2) is 29.0 Å². The number of esters is 1. The van der Waals surface area contributed by atoms with Crippen LogP contribution in [0.15, 0.2) is 24.3 Å². The van der Waals surface area contributed by atoms with Crippen molar-refractivity contribution in [1.82, 2.24) is 4.90 Å². The third kappa shape index (κ3) is 3.10. The van der Waals surface area contributed by atoms with Gasteiger partial charge in [-0.1, -0.05) is 18.2 Å². The van der Waals surface area contributed by atoms with Gasteiger partial charge in [-0.3, -0.25) is 4.79 Å². The molecule has 0 saturated carbocycles. The summed E-state index contributed by atoms with van der Waals surface area (Å²) in [6.07, 6.45) is 0. The average Bonchev–Trinajstić information content (AvgIpc) is 2.32. The molecule has 1 unspecified atom stereocenters. The number of rotatable bonds is 2. The maximum Gasteiger partial charge on any atom is 0.326 e. The Bertz CT molecular complexity index is 534. The molecule has 5 heteroatoms. The van der Waals surface area contributed by atoms with Crippen molar-refractivity contribution in [2.45, 2.75) is 39.3 Å². The Morgan fingerprint density at radius 1 is 1.35 bits per heavy atom. The van der Waals surface area contributed by atoms with E-state index in [-0.39, 0.29) is 18.6 Å². The Hall–Kier alpha value is -2.04. The van der Waals surface area contributed by atoms with Crippen LogP contribution in [-0.2, 0) is 9.53 Å². The molecule has 5 nitrogen and oxygen atoms in total. The average molecular weight is 276 g/mol. The standard InChI is InChI=1S/C15H20N2O3/c1-10-11-7-5-6-8-12(11)16-14(19)17(10)9-13(18)20-15(2,3)4/h5-8,10H,9H2,1-4H3,(H,16,19). The lowest BCUT2D eigenvalue weighted by Crippen LogP contribution is -2.45. The van der Waals surface area contributed by atoms with Gasteiger partial charge in [-0.25, -0.2) is 4.79 Å². The van der Waals surface area contributed by atoms with Crippen LogP contribution in [0.25, 0.3) is 0 Å². The number of para-hydroxylation sites is 1. The number of hydrogen-bond donors (Lipinski definition) is 1. The molecular formula is C15H20N2O3. The molecule has 1 aliphatic heterocycles. The number of urea groups is 1. The van der Waals surface area contributed by atoms with Crippen LogP contribution in [0.5, 0.6) is 0 Å². The van der Waals surface area contributed by atoms with E-state index in [0.717, 1.165) is 11.3 Å².